The quantitative estimate of drug-likeness (QED) is 0.649. The van der Waals surface area contributed by atoms with Crippen LogP contribution in [-0.4, -0.2) is 31.5 Å². The van der Waals surface area contributed by atoms with Gasteiger partial charge in [0.2, 0.25) is 0 Å². The number of rotatable bonds is 4. The van der Waals surface area contributed by atoms with Gasteiger partial charge in [-0.15, -0.1) is 11.3 Å². The maximum absolute atomic E-state index is 13.0. The number of aromatic nitrogens is 4. The van der Waals surface area contributed by atoms with Crippen LogP contribution in [0.4, 0.5) is 26.3 Å². The monoisotopic (exact) mass is 425 g/mol. The number of fused-ring (bicyclic) bond motifs is 1. The van der Waals surface area contributed by atoms with E-state index < -0.39 is 35.7 Å². The largest absolute Gasteiger partial charge is 0.435 e. The number of carbonyl (C=O) groups excluding carboxylic acids is 1. The Morgan fingerprint density at radius 2 is 1.89 bits per heavy atom. The Morgan fingerprint density at radius 1 is 1.21 bits per heavy atom. The summed E-state index contributed by atoms with van der Waals surface area (Å²) in [6.45, 7) is 1.50. The van der Waals surface area contributed by atoms with Crippen LogP contribution in [0.5, 0.6) is 0 Å². The lowest BCUT2D eigenvalue weighted by Crippen LogP contribution is -2.35. The molecule has 3 rings (SSSR count). The van der Waals surface area contributed by atoms with Gasteiger partial charge in [-0.05, 0) is 19.1 Å². The van der Waals surface area contributed by atoms with Crippen LogP contribution in [0.15, 0.2) is 18.3 Å². The van der Waals surface area contributed by atoms with Crippen molar-refractivity contribution in [2.75, 3.05) is 0 Å². The highest BCUT2D eigenvalue weighted by molar-refractivity contribution is 7.20. The van der Waals surface area contributed by atoms with Crippen LogP contribution in [-0.2, 0) is 25.9 Å². The van der Waals surface area contributed by atoms with Gasteiger partial charge in [0, 0.05) is 24.7 Å². The van der Waals surface area contributed by atoms with E-state index in [2.05, 4.69) is 15.5 Å². The number of thiophene rings is 1. The van der Waals surface area contributed by atoms with Crippen molar-refractivity contribution in [3.63, 3.8) is 0 Å². The molecule has 1 unspecified atom stereocenters. The highest BCUT2D eigenvalue weighted by Gasteiger charge is 2.37. The number of hydrogen-bond acceptors (Lipinski definition) is 4. The number of alkyl halides is 6. The summed E-state index contributed by atoms with van der Waals surface area (Å²) in [5, 5.41) is 9.17. The molecular weight excluding hydrogens is 412 g/mol. The van der Waals surface area contributed by atoms with Crippen LogP contribution in [0.1, 0.15) is 28.0 Å². The molecule has 3 heterocycles. The van der Waals surface area contributed by atoms with Gasteiger partial charge in [0.1, 0.15) is 4.83 Å². The molecule has 0 aliphatic rings. The number of aryl methyl sites for hydroxylation is 1. The van der Waals surface area contributed by atoms with E-state index in [-0.39, 0.29) is 21.6 Å². The molecule has 0 aliphatic carbocycles. The summed E-state index contributed by atoms with van der Waals surface area (Å²) >= 11 is 0.842. The predicted octanol–water partition coefficient (Wildman–Crippen LogP) is 3.69. The highest BCUT2D eigenvalue weighted by atomic mass is 32.1. The van der Waals surface area contributed by atoms with Gasteiger partial charge in [0.25, 0.3) is 5.91 Å². The number of nitrogens with one attached hydrogen (secondary N) is 1. The van der Waals surface area contributed by atoms with Crippen molar-refractivity contribution >= 4 is 27.5 Å². The third kappa shape index (κ3) is 3.98. The molecule has 152 valence electrons. The molecule has 0 saturated heterocycles. The third-order valence-electron chi connectivity index (χ3n) is 3.77. The Morgan fingerprint density at radius 3 is 2.46 bits per heavy atom. The van der Waals surface area contributed by atoms with Crippen LogP contribution < -0.4 is 5.32 Å². The molecule has 28 heavy (non-hydrogen) atoms. The molecule has 3 aromatic heterocycles. The van der Waals surface area contributed by atoms with Gasteiger partial charge < -0.3 is 5.32 Å². The molecule has 1 amide bonds. The van der Waals surface area contributed by atoms with Crippen molar-refractivity contribution in [2.45, 2.75) is 31.9 Å². The normalized spacial score (nSPS) is 13.9. The van der Waals surface area contributed by atoms with E-state index in [0.29, 0.717) is 0 Å². The molecular formula is C15H13F6N5OS. The van der Waals surface area contributed by atoms with Crippen molar-refractivity contribution in [1.29, 1.82) is 0 Å². The van der Waals surface area contributed by atoms with Gasteiger partial charge in [-0.2, -0.15) is 36.5 Å². The van der Waals surface area contributed by atoms with Crippen LogP contribution in [0.3, 0.4) is 0 Å². The van der Waals surface area contributed by atoms with Crippen molar-refractivity contribution < 1.29 is 31.1 Å². The number of halogens is 6. The summed E-state index contributed by atoms with van der Waals surface area (Å²) in [6, 6.07) is 1.30. The molecule has 1 atom stereocenters. The van der Waals surface area contributed by atoms with Crippen LogP contribution in [0, 0.1) is 0 Å². The first kappa shape index (κ1) is 20.2. The molecule has 0 radical (unpaired) electrons. The summed E-state index contributed by atoms with van der Waals surface area (Å²) in [5.41, 5.74) is -2.13. The van der Waals surface area contributed by atoms with Gasteiger partial charge in [0.15, 0.2) is 11.4 Å². The number of amides is 1. The molecule has 0 bridgehead atoms. The molecule has 6 nitrogen and oxygen atoms in total. The zero-order valence-corrected chi connectivity index (χ0v) is 15.2. The Kier molecular flexibility index (Phi) is 4.89. The second-order valence-electron chi connectivity index (χ2n) is 6.09. The predicted molar refractivity (Wildman–Crippen MR) is 87.8 cm³/mol. The zero-order chi connectivity index (χ0) is 20.9. The minimum atomic E-state index is -4.65. The number of hydrogen-bond donors (Lipinski definition) is 1. The van der Waals surface area contributed by atoms with Crippen molar-refractivity contribution in [3.05, 3.63) is 34.6 Å². The fraction of sp³-hybridized carbons (Fsp3) is 0.400. The number of nitrogens with zero attached hydrogens (tertiary/aromatic N) is 4. The van der Waals surface area contributed by atoms with E-state index in [0.717, 1.165) is 39.0 Å². The Balaban J connectivity index is 1.73. The fourth-order valence-corrected chi connectivity index (χ4v) is 3.57. The van der Waals surface area contributed by atoms with E-state index in [4.69, 9.17) is 0 Å². The molecule has 0 spiro atoms. The topological polar surface area (TPSA) is 64.7 Å². The van der Waals surface area contributed by atoms with Gasteiger partial charge in [0.05, 0.1) is 11.4 Å². The molecule has 1 N–H and O–H groups in total. The third-order valence-corrected chi connectivity index (χ3v) is 4.97. The number of carbonyl (C=O) groups is 1. The fourth-order valence-electron chi connectivity index (χ4n) is 2.60. The van der Waals surface area contributed by atoms with Crippen LogP contribution >= 0.6 is 11.3 Å². The van der Waals surface area contributed by atoms with E-state index in [1.807, 2.05) is 0 Å². The Hall–Kier alpha value is -2.57. The minimum Gasteiger partial charge on any atom is -0.347 e. The first-order valence-electron chi connectivity index (χ1n) is 7.81. The summed E-state index contributed by atoms with van der Waals surface area (Å²) in [7, 11) is 1.34. The van der Waals surface area contributed by atoms with Crippen LogP contribution in [0.25, 0.3) is 10.2 Å². The van der Waals surface area contributed by atoms with Gasteiger partial charge >= 0.3 is 12.4 Å². The lowest BCUT2D eigenvalue weighted by molar-refractivity contribution is -0.141. The summed E-state index contributed by atoms with van der Waals surface area (Å²) in [5.74, 6) is -0.634. The van der Waals surface area contributed by atoms with E-state index in [1.54, 1.807) is 6.92 Å². The van der Waals surface area contributed by atoms with Gasteiger partial charge in [-0.1, -0.05) is 0 Å². The first-order chi connectivity index (χ1) is 12.9. The summed E-state index contributed by atoms with van der Waals surface area (Å²) in [4.78, 5) is 12.6. The average Bonchev–Trinajstić information content (AvgIpc) is 3.22. The molecule has 0 aliphatic heterocycles. The average molecular weight is 425 g/mol. The second kappa shape index (κ2) is 6.79. The summed E-state index contributed by atoms with van der Waals surface area (Å²) < 4.78 is 78.8. The van der Waals surface area contributed by atoms with Gasteiger partial charge in [-0.3, -0.25) is 14.2 Å². The van der Waals surface area contributed by atoms with E-state index >= 15 is 0 Å². The molecule has 3 aromatic rings. The minimum absolute atomic E-state index is 0.0387. The molecule has 0 aromatic carbocycles. The first-order valence-corrected chi connectivity index (χ1v) is 8.63. The van der Waals surface area contributed by atoms with Gasteiger partial charge in [-0.25, -0.2) is 0 Å². The Bertz CT molecular complexity index is 1010. The SMILES string of the molecule is CC(Cn1ccc(C(F)(F)F)n1)NC(=O)c1cc2c(C(F)(F)F)nn(C)c2s1. The molecule has 0 fully saturated rings. The van der Waals surface area contributed by atoms with Crippen molar-refractivity contribution in [2.24, 2.45) is 7.05 Å². The van der Waals surface area contributed by atoms with E-state index in [9.17, 15) is 31.1 Å². The van der Waals surface area contributed by atoms with Crippen LogP contribution in [0.2, 0.25) is 0 Å². The maximum atomic E-state index is 13.0. The second-order valence-corrected chi connectivity index (χ2v) is 7.13. The lowest BCUT2D eigenvalue weighted by Gasteiger charge is -2.13. The van der Waals surface area contributed by atoms with Crippen molar-refractivity contribution in [3.8, 4) is 0 Å². The molecule has 13 heteroatoms. The Labute approximate surface area is 157 Å². The van der Waals surface area contributed by atoms with Crippen molar-refractivity contribution in [1.82, 2.24) is 24.9 Å². The lowest BCUT2D eigenvalue weighted by atomic mass is 10.2. The zero-order valence-electron chi connectivity index (χ0n) is 14.4. The highest BCUT2D eigenvalue weighted by Crippen LogP contribution is 2.37. The maximum Gasteiger partial charge on any atom is 0.435 e. The summed E-state index contributed by atoms with van der Waals surface area (Å²) in [6.07, 6.45) is -8.09. The standard InChI is InChI=1S/C15H13F6N5OS/c1-7(6-26-4-3-10(23-26)14(16,17)18)22-12(27)9-5-8-11(15(19,20)21)24-25(2)13(8)28-9/h3-5,7H,6H2,1-2H3,(H,22,27). The smallest absolute Gasteiger partial charge is 0.347 e. The van der Waals surface area contributed by atoms with E-state index in [1.165, 1.54) is 7.05 Å². The molecule has 0 saturated carbocycles.